The van der Waals surface area contributed by atoms with Crippen molar-refractivity contribution >= 4 is 28.7 Å². The summed E-state index contributed by atoms with van der Waals surface area (Å²) in [7, 11) is 0. The quantitative estimate of drug-likeness (QED) is 0.330. The Morgan fingerprint density at radius 3 is 1.97 bits per heavy atom. The zero-order valence-corrected chi connectivity index (χ0v) is 21.1. The molecule has 0 aliphatic heterocycles. The van der Waals surface area contributed by atoms with Gasteiger partial charge in [-0.1, -0.05) is 62.8 Å². The summed E-state index contributed by atoms with van der Waals surface area (Å²) in [5, 5.41) is 1.20. The van der Waals surface area contributed by atoms with Crippen LogP contribution in [0.5, 0.6) is 17.2 Å². The van der Waals surface area contributed by atoms with Crippen LogP contribution in [-0.4, -0.2) is 17.9 Å². The molecule has 0 radical (unpaired) electrons. The average molecular weight is 481 g/mol. The monoisotopic (exact) mass is 480 g/mol. The molecule has 0 aromatic heterocycles. The largest absolute Gasteiger partial charge is 0.426 e. The minimum absolute atomic E-state index is 0.165. The molecule has 0 spiro atoms. The van der Waals surface area contributed by atoms with Gasteiger partial charge in [-0.2, -0.15) is 0 Å². The van der Waals surface area contributed by atoms with Crippen molar-refractivity contribution in [3.8, 4) is 17.2 Å². The van der Waals surface area contributed by atoms with Gasteiger partial charge in [-0.25, -0.2) is 0 Å². The van der Waals surface area contributed by atoms with E-state index < -0.39 is 17.9 Å². The summed E-state index contributed by atoms with van der Waals surface area (Å²) in [5.74, 6) is 1.70. The fraction of sp³-hybridized carbons (Fsp3) is 0.552. The second-order valence-electron chi connectivity index (χ2n) is 10.2. The van der Waals surface area contributed by atoms with Crippen LogP contribution in [0.1, 0.15) is 84.1 Å². The summed E-state index contributed by atoms with van der Waals surface area (Å²) in [6.45, 7) is 3.98. The highest BCUT2D eigenvalue weighted by Gasteiger charge is 2.32. The number of hydrogen-bond acceptors (Lipinski definition) is 6. The van der Waals surface area contributed by atoms with Crippen molar-refractivity contribution in [1.29, 1.82) is 0 Å². The van der Waals surface area contributed by atoms with Crippen molar-refractivity contribution in [2.75, 3.05) is 0 Å². The molecule has 0 bridgehead atoms. The molecular formula is C29H36O6. The van der Waals surface area contributed by atoms with Crippen molar-refractivity contribution in [2.24, 2.45) is 17.8 Å². The highest BCUT2D eigenvalue weighted by molar-refractivity contribution is 6.00. The zero-order chi connectivity index (χ0) is 24.9. The Labute approximate surface area is 207 Å². The normalized spacial score (nSPS) is 21.7. The maximum absolute atomic E-state index is 12.1. The first-order valence-corrected chi connectivity index (χ1v) is 13.0. The second-order valence-corrected chi connectivity index (χ2v) is 10.2. The van der Waals surface area contributed by atoms with E-state index in [-0.39, 0.29) is 11.5 Å². The number of esters is 3. The van der Waals surface area contributed by atoms with Crippen LogP contribution in [0.15, 0.2) is 24.3 Å². The Morgan fingerprint density at radius 2 is 1.31 bits per heavy atom. The molecule has 2 aromatic carbocycles. The van der Waals surface area contributed by atoms with Gasteiger partial charge in [0, 0.05) is 37.1 Å². The summed E-state index contributed by atoms with van der Waals surface area (Å²) >= 11 is 0. The first kappa shape index (κ1) is 25.2. The standard InChI is InChI=1S/C29H36O6/c1-18(30)33-27-24-12-6-7-13-25(24)28(34-19(2)31)29(35-20(3)32)26(27)14-8-9-21-15-16-22-10-4-5-11-23(22)17-21/h6-7,12-13,21-23H,4-5,8-11,14-17H2,1-3H3. The smallest absolute Gasteiger partial charge is 0.308 e. The lowest BCUT2D eigenvalue weighted by Crippen LogP contribution is -2.27. The predicted octanol–water partition coefficient (Wildman–Crippen LogP) is 6.54. The van der Waals surface area contributed by atoms with Crippen LogP contribution in [0.2, 0.25) is 0 Å². The third kappa shape index (κ3) is 6.03. The molecule has 0 amide bonds. The van der Waals surface area contributed by atoms with Gasteiger partial charge in [0.15, 0.2) is 11.5 Å². The summed E-state index contributed by atoms with van der Waals surface area (Å²) < 4.78 is 16.9. The number of carbonyl (C=O) groups is 3. The van der Waals surface area contributed by atoms with E-state index in [0.717, 1.165) is 24.7 Å². The van der Waals surface area contributed by atoms with Gasteiger partial charge in [0.1, 0.15) is 5.75 Å². The Hall–Kier alpha value is -2.89. The topological polar surface area (TPSA) is 78.9 Å². The molecule has 0 saturated heterocycles. The van der Waals surface area contributed by atoms with Gasteiger partial charge in [0.25, 0.3) is 0 Å². The number of carbonyl (C=O) groups excluding carboxylic acids is 3. The SMILES string of the molecule is CC(=O)Oc1c(CCCC2CCC3CCCCC3C2)c(OC(C)=O)c2ccccc2c1OC(C)=O. The zero-order valence-electron chi connectivity index (χ0n) is 21.1. The molecule has 2 saturated carbocycles. The van der Waals surface area contributed by atoms with Crippen molar-refractivity contribution in [2.45, 2.75) is 85.0 Å². The van der Waals surface area contributed by atoms with Crippen molar-refractivity contribution in [1.82, 2.24) is 0 Å². The minimum Gasteiger partial charge on any atom is -0.426 e. The molecule has 2 fully saturated rings. The number of fused-ring (bicyclic) bond motifs is 2. The van der Waals surface area contributed by atoms with Crippen LogP contribution in [0.3, 0.4) is 0 Å². The number of hydrogen-bond donors (Lipinski definition) is 0. The molecule has 2 aromatic rings. The molecular weight excluding hydrogens is 444 g/mol. The highest BCUT2D eigenvalue weighted by atomic mass is 16.6. The van der Waals surface area contributed by atoms with E-state index in [9.17, 15) is 14.4 Å². The molecule has 6 heteroatoms. The first-order valence-electron chi connectivity index (χ1n) is 13.0. The fourth-order valence-electron chi connectivity index (χ4n) is 6.19. The van der Waals surface area contributed by atoms with Crippen LogP contribution in [0.25, 0.3) is 10.8 Å². The van der Waals surface area contributed by atoms with Crippen molar-refractivity contribution in [3.05, 3.63) is 29.8 Å². The lowest BCUT2D eigenvalue weighted by Gasteiger charge is -2.39. The lowest BCUT2D eigenvalue weighted by molar-refractivity contribution is -0.134. The second kappa shape index (κ2) is 11.2. The maximum Gasteiger partial charge on any atom is 0.308 e. The van der Waals surface area contributed by atoms with E-state index in [1.807, 2.05) is 12.1 Å². The molecule has 2 aliphatic carbocycles. The van der Waals surface area contributed by atoms with Gasteiger partial charge >= 0.3 is 17.9 Å². The van der Waals surface area contributed by atoms with Crippen LogP contribution < -0.4 is 14.2 Å². The van der Waals surface area contributed by atoms with Crippen LogP contribution >= 0.6 is 0 Å². The maximum atomic E-state index is 12.1. The van der Waals surface area contributed by atoms with Gasteiger partial charge in [-0.15, -0.1) is 0 Å². The van der Waals surface area contributed by atoms with E-state index in [1.165, 1.54) is 65.7 Å². The van der Waals surface area contributed by atoms with Crippen LogP contribution in [0.4, 0.5) is 0 Å². The van der Waals surface area contributed by atoms with Crippen molar-refractivity contribution in [3.63, 3.8) is 0 Å². The molecule has 2 aliphatic rings. The molecule has 3 unspecified atom stereocenters. The van der Waals surface area contributed by atoms with Gasteiger partial charge in [0.05, 0.1) is 0 Å². The van der Waals surface area contributed by atoms with E-state index >= 15 is 0 Å². The third-order valence-corrected chi connectivity index (χ3v) is 7.60. The summed E-state index contributed by atoms with van der Waals surface area (Å²) in [6.07, 6.45) is 11.9. The molecule has 0 N–H and O–H groups in total. The van der Waals surface area contributed by atoms with Crippen molar-refractivity contribution < 1.29 is 28.6 Å². The van der Waals surface area contributed by atoms with E-state index in [2.05, 4.69) is 0 Å². The Kier molecular flexibility index (Phi) is 8.09. The lowest BCUT2D eigenvalue weighted by atomic mass is 9.67. The van der Waals surface area contributed by atoms with Gasteiger partial charge in [0.2, 0.25) is 0 Å². The molecule has 35 heavy (non-hydrogen) atoms. The third-order valence-electron chi connectivity index (χ3n) is 7.60. The minimum atomic E-state index is -0.528. The molecule has 6 nitrogen and oxygen atoms in total. The first-order chi connectivity index (χ1) is 16.8. The van der Waals surface area contributed by atoms with E-state index in [4.69, 9.17) is 14.2 Å². The van der Waals surface area contributed by atoms with Crippen LogP contribution in [-0.2, 0) is 20.8 Å². The average Bonchev–Trinajstić information content (AvgIpc) is 2.82. The summed E-state index contributed by atoms with van der Waals surface area (Å²) in [5.41, 5.74) is 0.594. The van der Waals surface area contributed by atoms with E-state index in [0.29, 0.717) is 34.4 Å². The number of benzene rings is 2. The molecule has 3 atom stereocenters. The summed E-state index contributed by atoms with van der Waals surface area (Å²) in [4.78, 5) is 36.1. The van der Waals surface area contributed by atoms with Gasteiger partial charge in [-0.05, 0) is 43.4 Å². The Bertz CT molecular complexity index is 1100. The van der Waals surface area contributed by atoms with E-state index in [1.54, 1.807) is 12.1 Å². The highest BCUT2D eigenvalue weighted by Crippen LogP contribution is 2.48. The Balaban J connectivity index is 1.66. The van der Waals surface area contributed by atoms with Gasteiger partial charge < -0.3 is 14.2 Å². The van der Waals surface area contributed by atoms with Gasteiger partial charge in [-0.3, -0.25) is 14.4 Å². The Morgan fingerprint density at radius 1 is 0.743 bits per heavy atom. The summed E-state index contributed by atoms with van der Waals surface area (Å²) in [6, 6.07) is 7.22. The fourth-order valence-corrected chi connectivity index (χ4v) is 6.19. The molecule has 0 heterocycles. The van der Waals surface area contributed by atoms with Crippen LogP contribution in [0, 0.1) is 17.8 Å². The molecule has 188 valence electrons. The number of ether oxygens (including phenoxy) is 3. The number of rotatable bonds is 7. The predicted molar refractivity (Wildman–Crippen MR) is 134 cm³/mol. The molecule has 4 rings (SSSR count).